The van der Waals surface area contributed by atoms with Crippen molar-refractivity contribution in [2.45, 2.75) is 26.2 Å². The summed E-state index contributed by atoms with van der Waals surface area (Å²) in [6, 6.07) is 7.86. The van der Waals surface area contributed by atoms with Crippen LogP contribution in [0.5, 0.6) is 0 Å². The molecule has 1 unspecified atom stereocenters. The molecule has 0 bridgehead atoms. The number of hydrogen-bond acceptors (Lipinski definition) is 3. The molecule has 132 valence electrons. The topological polar surface area (TPSA) is 44.4 Å². The first kappa shape index (κ1) is 22.0. The van der Waals surface area contributed by atoms with Crippen LogP contribution in [0.25, 0.3) is 0 Å². The van der Waals surface area contributed by atoms with E-state index in [9.17, 15) is 4.79 Å². The predicted octanol–water partition coefficient (Wildman–Crippen LogP) is 3.11. The van der Waals surface area contributed by atoms with E-state index < -0.39 is 0 Å². The third-order valence-electron chi connectivity index (χ3n) is 4.13. The fourth-order valence-corrected chi connectivity index (χ4v) is 2.78. The molecule has 0 saturated carbocycles. The highest BCUT2D eigenvalue weighted by Crippen LogP contribution is 2.14. The van der Waals surface area contributed by atoms with Crippen LogP contribution < -0.4 is 15.5 Å². The zero-order valence-electron chi connectivity index (χ0n) is 14.0. The van der Waals surface area contributed by atoms with Crippen molar-refractivity contribution >= 4 is 36.4 Å². The highest BCUT2D eigenvalue weighted by atomic mass is 35.5. The average Bonchev–Trinajstić information content (AvgIpc) is 3.01. The van der Waals surface area contributed by atoms with Gasteiger partial charge in [0, 0.05) is 31.4 Å². The fraction of sp³-hybridized carbons (Fsp3) is 0.588. The Kier molecular flexibility index (Phi) is 11.1. The van der Waals surface area contributed by atoms with Gasteiger partial charge in [-0.3, -0.25) is 4.79 Å². The lowest BCUT2D eigenvalue weighted by atomic mass is 10.1. The smallest absolute Gasteiger partial charge is 0.251 e. The summed E-state index contributed by atoms with van der Waals surface area (Å²) in [6.07, 6.45) is 3.42. The summed E-state index contributed by atoms with van der Waals surface area (Å²) in [6.45, 7) is 6.17. The molecule has 0 radical (unpaired) electrons. The number of benzene rings is 1. The fourth-order valence-electron chi connectivity index (χ4n) is 2.78. The molecule has 1 aliphatic heterocycles. The lowest BCUT2D eigenvalue weighted by Gasteiger charge is -2.18. The van der Waals surface area contributed by atoms with Gasteiger partial charge in [-0.2, -0.15) is 0 Å². The Morgan fingerprint density at radius 1 is 1.30 bits per heavy atom. The van der Waals surface area contributed by atoms with Gasteiger partial charge in [0.1, 0.15) is 0 Å². The molecule has 1 atom stereocenters. The summed E-state index contributed by atoms with van der Waals surface area (Å²) >= 11 is 0. The maximum absolute atomic E-state index is 12.1. The van der Waals surface area contributed by atoms with Gasteiger partial charge in [-0.25, -0.2) is 0 Å². The summed E-state index contributed by atoms with van der Waals surface area (Å²) in [4.78, 5) is 14.3. The first-order valence-electron chi connectivity index (χ1n) is 8.01. The van der Waals surface area contributed by atoms with E-state index in [1.165, 1.54) is 6.42 Å². The minimum Gasteiger partial charge on any atom is -0.375 e. The summed E-state index contributed by atoms with van der Waals surface area (Å²) < 4.78 is 0. The first-order chi connectivity index (χ1) is 10.2. The van der Waals surface area contributed by atoms with Crippen molar-refractivity contribution in [2.75, 3.05) is 38.1 Å². The van der Waals surface area contributed by atoms with Crippen LogP contribution in [0.4, 0.5) is 5.69 Å². The van der Waals surface area contributed by atoms with Gasteiger partial charge >= 0.3 is 0 Å². The van der Waals surface area contributed by atoms with Gasteiger partial charge in [0.25, 0.3) is 5.91 Å². The van der Waals surface area contributed by atoms with Crippen molar-refractivity contribution in [3.63, 3.8) is 0 Å². The molecule has 1 amide bonds. The molecule has 0 spiro atoms. The molecule has 2 rings (SSSR count). The number of hydrogen-bond donors (Lipinski definition) is 2. The Morgan fingerprint density at radius 3 is 2.57 bits per heavy atom. The molecule has 1 saturated heterocycles. The maximum atomic E-state index is 12.1. The number of carbonyl (C=O) groups excluding carboxylic acids is 1. The van der Waals surface area contributed by atoms with Gasteiger partial charge in [-0.15, -0.1) is 24.8 Å². The second-order valence-corrected chi connectivity index (χ2v) is 5.87. The van der Waals surface area contributed by atoms with Crippen LogP contribution in [-0.2, 0) is 0 Å². The van der Waals surface area contributed by atoms with Gasteiger partial charge in [0.15, 0.2) is 0 Å². The van der Waals surface area contributed by atoms with Crippen LogP contribution in [-0.4, -0.2) is 39.1 Å². The second kappa shape index (κ2) is 11.5. The zero-order chi connectivity index (χ0) is 15.1. The molecular formula is C17H29Cl2N3O. The number of amides is 1. The van der Waals surface area contributed by atoms with E-state index in [4.69, 9.17) is 0 Å². The molecule has 1 heterocycles. The van der Waals surface area contributed by atoms with Gasteiger partial charge in [0.05, 0.1) is 0 Å². The minimum atomic E-state index is 0. The highest BCUT2D eigenvalue weighted by molar-refractivity contribution is 5.94. The van der Waals surface area contributed by atoms with Crippen molar-refractivity contribution < 1.29 is 4.79 Å². The largest absolute Gasteiger partial charge is 0.375 e. The second-order valence-electron chi connectivity index (χ2n) is 5.87. The van der Waals surface area contributed by atoms with Crippen LogP contribution in [0.15, 0.2) is 24.3 Å². The van der Waals surface area contributed by atoms with Crippen molar-refractivity contribution in [1.82, 2.24) is 10.6 Å². The van der Waals surface area contributed by atoms with E-state index >= 15 is 0 Å². The lowest BCUT2D eigenvalue weighted by Crippen LogP contribution is -2.26. The van der Waals surface area contributed by atoms with Crippen molar-refractivity contribution in [3.05, 3.63) is 29.8 Å². The van der Waals surface area contributed by atoms with Crippen molar-refractivity contribution in [1.29, 1.82) is 0 Å². The Morgan fingerprint density at radius 2 is 2.00 bits per heavy atom. The zero-order valence-corrected chi connectivity index (χ0v) is 15.6. The standard InChI is InChI=1S/C17H27N3O.2ClH/c1-3-12-20(2)16-6-4-15(5-7-16)17(21)19-11-9-14-8-10-18-13-14;;/h4-7,14,18H,3,8-13H2,1-2H3,(H,19,21);2*1H. The number of anilines is 1. The monoisotopic (exact) mass is 361 g/mol. The Balaban J connectivity index is 0.00000242. The van der Waals surface area contributed by atoms with E-state index in [1.54, 1.807) is 0 Å². The molecule has 2 N–H and O–H groups in total. The molecule has 0 aliphatic carbocycles. The van der Waals surface area contributed by atoms with Gasteiger partial charge < -0.3 is 15.5 Å². The van der Waals surface area contributed by atoms with Gasteiger partial charge in [-0.05, 0) is 62.5 Å². The molecule has 23 heavy (non-hydrogen) atoms. The number of carbonyl (C=O) groups is 1. The third kappa shape index (κ3) is 6.98. The molecule has 0 aromatic heterocycles. The van der Waals surface area contributed by atoms with E-state index in [1.807, 2.05) is 24.3 Å². The van der Waals surface area contributed by atoms with Gasteiger partial charge in [0.2, 0.25) is 0 Å². The summed E-state index contributed by atoms with van der Waals surface area (Å²) in [7, 11) is 2.08. The summed E-state index contributed by atoms with van der Waals surface area (Å²) in [5.74, 6) is 0.751. The number of halogens is 2. The molecular weight excluding hydrogens is 333 g/mol. The third-order valence-corrected chi connectivity index (χ3v) is 4.13. The van der Waals surface area contributed by atoms with E-state index in [0.717, 1.165) is 56.2 Å². The van der Waals surface area contributed by atoms with Crippen molar-refractivity contribution in [3.8, 4) is 0 Å². The minimum absolute atomic E-state index is 0. The highest BCUT2D eigenvalue weighted by Gasteiger charge is 2.14. The normalized spacial score (nSPS) is 16.2. The van der Waals surface area contributed by atoms with Crippen LogP contribution in [0.3, 0.4) is 0 Å². The molecule has 1 fully saturated rings. The lowest BCUT2D eigenvalue weighted by molar-refractivity contribution is 0.0951. The SMILES string of the molecule is CCCN(C)c1ccc(C(=O)NCCC2CCNC2)cc1.Cl.Cl. The van der Waals surface area contributed by atoms with E-state index in [2.05, 4.69) is 29.5 Å². The van der Waals surface area contributed by atoms with Crippen LogP contribution in [0, 0.1) is 5.92 Å². The maximum Gasteiger partial charge on any atom is 0.251 e. The number of nitrogens with one attached hydrogen (secondary N) is 2. The summed E-state index contributed by atoms with van der Waals surface area (Å²) in [5.41, 5.74) is 1.90. The molecule has 4 nitrogen and oxygen atoms in total. The Labute approximate surface area is 152 Å². The van der Waals surface area contributed by atoms with E-state index in [-0.39, 0.29) is 30.7 Å². The average molecular weight is 362 g/mol. The van der Waals surface area contributed by atoms with Gasteiger partial charge in [-0.1, -0.05) is 6.92 Å². The molecule has 1 aromatic carbocycles. The van der Waals surface area contributed by atoms with E-state index in [0.29, 0.717) is 0 Å². The number of rotatable bonds is 7. The number of nitrogens with zero attached hydrogens (tertiary/aromatic N) is 1. The molecule has 6 heteroatoms. The van der Waals surface area contributed by atoms with Crippen LogP contribution >= 0.6 is 24.8 Å². The Bertz CT molecular complexity index is 448. The van der Waals surface area contributed by atoms with Crippen molar-refractivity contribution in [2.24, 2.45) is 5.92 Å². The molecule has 1 aromatic rings. The predicted molar refractivity (Wildman–Crippen MR) is 102 cm³/mol. The molecule has 1 aliphatic rings. The first-order valence-corrected chi connectivity index (χ1v) is 8.01. The van der Waals surface area contributed by atoms with Crippen LogP contribution in [0.1, 0.15) is 36.5 Å². The quantitative estimate of drug-likeness (QED) is 0.784. The van der Waals surface area contributed by atoms with Crippen LogP contribution in [0.2, 0.25) is 0 Å². The summed E-state index contributed by atoms with van der Waals surface area (Å²) in [5, 5.41) is 6.37. The Hall–Kier alpha value is -0.970.